The zero-order valence-electron chi connectivity index (χ0n) is 18.4. The van der Waals surface area contributed by atoms with E-state index in [1.807, 2.05) is 48.5 Å². The topological polar surface area (TPSA) is 67.4 Å². The number of esters is 1. The van der Waals surface area contributed by atoms with Crippen LogP contribution < -0.4 is 10.6 Å². The van der Waals surface area contributed by atoms with Crippen LogP contribution in [0.5, 0.6) is 0 Å². The second-order valence-corrected chi connectivity index (χ2v) is 8.50. The van der Waals surface area contributed by atoms with Crippen LogP contribution in [0.1, 0.15) is 56.6 Å². The van der Waals surface area contributed by atoms with E-state index in [2.05, 4.69) is 22.8 Å². The average Bonchev–Trinajstić information content (AvgIpc) is 2.80. The summed E-state index contributed by atoms with van der Waals surface area (Å²) in [5, 5.41) is 6.74. The summed E-state index contributed by atoms with van der Waals surface area (Å²) in [6.07, 6.45) is 6.77. The molecule has 5 heteroatoms. The van der Waals surface area contributed by atoms with Crippen molar-refractivity contribution in [1.82, 2.24) is 10.6 Å². The number of rotatable bonds is 10. The summed E-state index contributed by atoms with van der Waals surface area (Å²) in [6, 6.07) is 20.3. The van der Waals surface area contributed by atoms with E-state index < -0.39 is 5.54 Å². The van der Waals surface area contributed by atoms with Gasteiger partial charge in [0.1, 0.15) is 12.1 Å². The third-order valence-corrected chi connectivity index (χ3v) is 6.05. The van der Waals surface area contributed by atoms with Crippen molar-refractivity contribution >= 4 is 11.9 Å². The lowest BCUT2D eigenvalue weighted by molar-refractivity contribution is -0.146. The molecule has 166 valence electrons. The Morgan fingerprint density at radius 1 is 0.935 bits per heavy atom. The van der Waals surface area contributed by atoms with E-state index in [1.165, 1.54) is 13.3 Å². The molecule has 1 aliphatic carbocycles. The Morgan fingerprint density at radius 3 is 2.16 bits per heavy atom. The van der Waals surface area contributed by atoms with Crippen molar-refractivity contribution in [3.05, 3.63) is 71.8 Å². The molecule has 0 aliphatic heterocycles. The van der Waals surface area contributed by atoms with Gasteiger partial charge in [0.2, 0.25) is 5.91 Å². The minimum absolute atomic E-state index is 0.0144. The predicted molar refractivity (Wildman–Crippen MR) is 122 cm³/mol. The van der Waals surface area contributed by atoms with Gasteiger partial charge in [-0.25, -0.2) is 0 Å². The summed E-state index contributed by atoms with van der Waals surface area (Å²) < 4.78 is 5.43. The second kappa shape index (κ2) is 11.7. The number of carbonyl (C=O) groups excluding carboxylic acids is 2. The van der Waals surface area contributed by atoms with Crippen LogP contribution in [0.4, 0.5) is 0 Å². The van der Waals surface area contributed by atoms with Crippen LogP contribution in [0.3, 0.4) is 0 Å². The summed E-state index contributed by atoms with van der Waals surface area (Å²) in [5.74, 6) is -0.455. The summed E-state index contributed by atoms with van der Waals surface area (Å²) in [6.45, 7) is 1.92. The van der Waals surface area contributed by atoms with E-state index in [1.54, 1.807) is 0 Å². The first kappa shape index (κ1) is 23.0. The van der Waals surface area contributed by atoms with E-state index in [0.29, 0.717) is 19.4 Å². The fourth-order valence-corrected chi connectivity index (χ4v) is 4.14. The molecule has 1 aliphatic rings. The normalized spacial score (nSPS) is 16.3. The minimum atomic E-state index is -0.991. The lowest BCUT2D eigenvalue weighted by atomic mass is 9.88. The van der Waals surface area contributed by atoms with E-state index in [9.17, 15) is 9.59 Å². The average molecular weight is 423 g/mol. The third kappa shape index (κ3) is 7.21. The molecule has 1 unspecified atom stereocenters. The summed E-state index contributed by atoms with van der Waals surface area (Å²) in [4.78, 5) is 25.3. The van der Waals surface area contributed by atoms with Crippen LogP contribution in [0.2, 0.25) is 0 Å². The van der Waals surface area contributed by atoms with Gasteiger partial charge >= 0.3 is 5.97 Å². The van der Waals surface area contributed by atoms with Crippen molar-refractivity contribution in [3.8, 4) is 0 Å². The Labute approximate surface area is 185 Å². The van der Waals surface area contributed by atoms with Gasteiger partial charge < -0.3 is 10.1 Å². The molecule has 0 radical (unpaired) electrons. The number of hydrogen-bond donors (Lipinski definition) is 2. The molecule has 1 atom stereocenters. The van der Waals surface area contributed by atoms with Crippen molar-refractivity contribution in [2.24, 2.45) is 0 Å². The van der Waals surface area contributed by atoms with E-state index in [4.69, 9.17) is 4.74 Å². The highest BCUT2D eigenvalue weighted by Gasteiger charge is 2.40. The van der Waals surface area contributed by atoms with E-state index in [0.717, 1.165) is 36.8 Å². The van der Waals surface area contributed by atoms with Gasteiger partial charge in [-0.1, -0.05) is 79.9 Å². The number of aryl methyl sites for hydroxylation is 1. The highest BCUT2D eigenvalue weighted by molar-refractivity contribution is 5.87. The van der Waals surface area contributed by atoms with Crippen molar-refractivity contribution in [2.45, 2.75) is 70.0 Å². The molecular formula is C26H34N2O3. The largest absolute Gasteiger partial charge is 0.463 e. The molecule has 0 bridgehead atoms. The molecule has 1 fully saturated rings. The summed E-state index contributed by atoms with van der Waals surface area (Å²) in [7, 11) is 0. The van der Waals surface area contributed by atoms with Gasteiger partial charge in [-0.2, -0.15) is 0 Å². The number of nitrogens with one attached hydrogen (secondary N) is 2. The molecule has 0 heterocycles. The summed E-state index contributed by atoms with van der Waals surface area (Å²) >= 11 is 0. The maximum atomic E-state index is 13.6. The Kier molecular flexibility index (Phi) is 8.65. The first-order chi connectivity index (χ1) is 15.1. The smallest absolute Gasteiger partial charge is 0.302 e. The molecule has 2 aromatic carbocycles. The quantitative estimate of drug-likeness (QED) is 0.564. The van der Waals surface area contributed by atoms with E-state index >= 15 is 0 Å². The van der Waals surface area contributed by atoms with Crippen molar-refractivity contribution < 1.29 is 14.3 Å². The van der Waals surface area contributed by atoms with Crippen LogP contribution in [0.15, 0.2) is 60.7 Å². The molecule has 0 saturated heterocycles. The van der Waals surface area contributed by atoms with Crippen LogP contribution in [0.25, 0.3) is 0 Å². The lowest BCUT2D eigenvalue weighted by Crippen LogP contribution is -2.61. The Bertz CT molecular complexity index is 774. The summed E-state index contributed by atoms with van der Waals surface area (Å²) in [5.41, 5.74) is 1.25. The molecule has 1 amide bonds. The van der Waals surface area contributed by atoms with Gasteiger partial charge in [-0.15, -0.1) is 0 Å². The fourth-order valence-electron chi connectivity index (χ4n) is 4.14. The molecule has 1 saturated carbocycles. The molecule has 3 rings (SSSR count). The highest BCUT2D eigenvalue weighted by Crippen LogP contribution is 2.22. The molecule has 0 aromatic heterocycles. The molecule has 0 spiro atoms. The van der Waals surface area contributed by atoms with Gasteiger partial charge in [-0.3, -0.25) is 14.9 Å². The molecule has 2 aromatic rings. The molecule has 5 nitrogen and oxygen atoms in total. The van der Waals surface area contributed by atoms with Crippen LogP contribution in [-0.2, 0) is 27.3 Å². The van der Waals surface area contributed by atoms with Gasteiger partial charge in [0.15, 0.2) is 0 Å². The Morgan fingerprint density at radius 2 is 1.55 bits per heavy atom. The third-order valence-electron chi connectivity index (χ3n) is 6.05. The minimum Gasteiger partial charge on any atom is -0.463 e. The van der Waals surface area contributed by atoms with Crippen molar-refractivity contribution in [2.75, 3.05) is 6.61 Å². The number of ether oxygens (including phenoxy) is 1. The first-order valence-corrected chi connectivity index (χ1v) is 11.3. The van der Waals surface area contributed by atoms with Crippen molar-refractivity contribution in [1.29, 1.82) is 0 Å². The lowest BCUT2D eigenvalue weighted by Gasteiger charge is -2.35. The van der Waals surface area contributed by atoms with Crippen LogP contribution in [-0.4, -0.2) is 30.1 Å². The second-order valence-electron chi connectivity index (χ2n) is 8.50. The maximum Gasteiger partial charge on any atom is 0.302 e. The standard InChI is InChI=1S/C26H34N2O3/c1-21(29)31-20-26(18-17-22-11-5-2-6-12-22,27-19-23-13-7-3-8-14-23)25(30)28-24-15-9-4-10-16-24/h2-3,5-8,11-14,24,27H,4,9-10,15-20H2,1H3,(H,28,30). The van der Waals surface area contributed by atoms with Gasteiger partial charge in [0.25, 0.3) is 0 Å². The zero-order chi connectivity index (χ0) is 21.9. The number of carbonyl (C=O) groups is 2. The Hall–Kier alpha value is -2.66. The fraction of sp³-hybridized carbons (Fsp3) is 0.462. The molecule has 2 N–H and O–H groups in total. The van der Waals surface area contributed by atoms with Crippen LogP contribution in [0, 0.1) is 0 Å². The maximum absolute atomic E-state index is 13.6. The SMILES string of the molecule is CC(=O)OCC(CCc1ccccc1)(NCc1ccccc1)C(=O)NC1CCCCC1. The number of hydrogen-bond acceptors (Lipinski definition) is 4. The molecular weight excluding hydrogens is 388 g/mol. The van der Waals surface area contributed by atoms with E-state index in [-0.39, 0.29) is 24.5 Å². The Balaban J connectivity index is 1.81. The number of amides is 1. The zero-order valence-corrected chi connectivity index (χ0v) is 18.4. The molecule has 31 heavy (non-hydrogen) atoms. The highest BCUT2D eigenvalue weighted by atomic mass is 16.5. The van der Waals surface area contributed by atoms with Crippen molar-refractivity contribution in [3.63, 3.8) is 0 Å². The predicted octanol–water partition coefficient (Wildman–Crippen LogP) is 4.16. The van der Waals surface area contributed by atoms with Crippen LogP contribution >= 0.6 is 0 Å². The first-order valence-electron chi connectivity index (χ1n) is 11.3. The van der Waals surface area contributed by atoms with Gasteiger partial charge in [0.05, 0.1) is 0 Å². The van der Waals surface area contributed by atoms with Gasteiger partial charge in [-0.05, 0) is 36.8 Å². The monoisotopic (exact) mass is 422 g/mol. The van der Waals surface area contributed by atoms with Gasteiger partial charge in [0, 0.05) is 19.5 Å². The number of benzene rings is 2.